The monoisotopic (exact) mass is 388 g/mol. The molecule has 2 aromatic carbocycles. The van der Waals surface area contributed by atoms with E-state index in [2.05, 4.69) is 14.8 Å². The molecule has 6 nitrogen and oxygen atoms in total. The van der Waals surface area contributed by atoms with Gasteiger partial charge in [0.2, 0.25) is 10.0 Å². The van der Waals surface area contributed by atoms with E-state index in [0.29, 0.717) is 5.56 Å². The lowest BCUT2D eigenvalue weighted by Crippen LogP contribution is -2.20. The highest BCUT2D eigenvalue weighted by atomic mass is 32.2. The molecule has 0 spiro atoms. The molecule has 0 fully saturated rings. The Labute approximate surface area is 148 Å². The fourth-order valence-corrected chi connectivity index (χ4v) is 3.08. The Bertz CT molecular complexity index is 910. The molecule has 0 heterocycles. The molecular formula is C16H15F3N2O4S. The van der Waals surface area contributed by atoms with E-state index in [4.69, 9.17) is 0 Å². The number of hydrogen-bond donors (Lipinski definition) is 2. The van der Waals surface area contributed by atoms with Crippen LogP contribution in [0.25, 0.3) is 0 Å². The van der Waals surface area contributed by atoms with E-state index in [0.717, 1.165) is 24.3 Å². The van der Waals surface area contributed by atoms with Gasteiger partial charge in [0.25, 0.3) is 5.91 Å². The van der Waals surface area contributed by atoms with Gasteiger partial charge in [-0.25, -0.2) is 13.1 Å². The number of carbonyl (C=O) groups excluding carboxylic acids is 1. The third-order valence-electron chi connectivity index (χ3n) is 3.35. The minimum absolute atomic E-state index is 0.00623. The Morgan fingerprint density at radius 2 is 1.69 bits per heavy atom. The van der Waals surface area contributed by atoms with Gasteiger partial charge >= 0.3 is 6.36 Å². The van der Waals surface area contributed by atoms with Gasteiger partial charge in [0.05, 0.1) is 4.90 Å². The smallest absolute Gasteiger partial charge is 0.406 e. The highest BCUT2D eigenvalue weighted by molar-refractivity contribution is 7.89. The van der Waals surface area contributed by atoms with Crippen molar-refractivity contribution in [3.63, 3.8) is 0 Å². The van der Waals surface area contributed by atoms with Crippen molar-refractivity contribution in [1.82, 2.24) is 4.72 Å². The van der Waals surface area contributed by atoms with Gasteiger partial charge in [-0.1, -0.05) is 6.07 Å². The molecule has 2 aromatic rings. The van der Waals surface area contributed by atoms with Crippen molar-refractivity contribution in [2.24, 2.45) is 0 Å². The molecule has 0 aliphatic heterocycles. The van der Waals surface area contributed by atoms with Crippen LogP contribution in [-0.4, -0.2) is 27.7 Å². The molecule has 0 saturated carbocycles. The molecule has 26 heavy (non-hydrogen) atoms. The molecule has 0 bridgehead atoms. The van der Waals surface area contributed by atoms with Crippen molar-refractivity contribution in [3.8, 4) is 5.75 Å². The van der Waals surface area contributed by atoms with E-state index in [1.165, 1.54) is 25.2 Å². The summed E-state index contributed by atoms with van der Waals surface area (Å²) in [6, 6.07) is 8.68. The van der Waals surface area contributed by atoms with Crippen LogP contribution in [0.2, 0.25) is 0 Å². The minimum Gasteiger partial charge on any atom is -0.406 e. The molecule has 2 N–H and O–H groups in total. The van der Waals surface area contributed by atoms with Gasteiger partial charge in [-0.15, -0.1) is 13.2 Å². The molecule has 0 radical (unpaired) electrons. The number of halogens is 3. The van der Waals surface area contributed by atoms with Crippen LogP contribution in [-0.2, 0) is 10.0 Å². The Balaban J connectivity index is 2.19. The lowest BCUT2D eigenvalue weighted by Gasteiger charge is -2.11. The number of alkyl halides is 3. The molecule has 0 aliphatic rings. The van der Waals surface area contributed by atoms with Crippen LogP contribution >= 0.6 is 0 Å². The number of rotatable bonds is 5. The number of carbonyl (C=O) groups is 1. The van der Waals surface area contributed by atoms with E-state index in [1.807, 2.05) is 0 Å². The zero-order chi connectivity index (χ0) is 19.5. The predicted molar refractivity (Wildman–Crippen MR) is 88.5 cm³/mol. The fourth-order valence-electron chi connectivity index (χ4n) is 2.09. The van der Waals surface area contributed by atoms with Crippen molar-refractivity contribution in [2.45, 2.75) is 18.2 Å². The van der Waals surface area contributed by atoms with E-state index in [9.17, 15) is 26.4 Å². The molecule has 140 valence electrons. The van der Waals surface area contributed by atoms with Gasteiger partial charge in [-0.3, -0.25) is 4.79 Å². The van der Waals surface area contributed by atoms with Crippen molar-refractivity contribution in [1.29, 1.82) is 0 Å². The third-order valence-corrected chi connectivity index (χ3v) is 4.91. The highest BCUT2D eigenvalue weighted by Crippen LogP contribution is 2.24. The minimum atomic E-state index is -4.82. The Morgan fingerprint density at radius 3 is 2.23 bits per heavy atom. The summed E-state index contributed by atoms with van der Waals surface area (Å²) in [5.41, 5.74) is 0.800. The second kappa shape index (κ2) is 7.34. The standard InChI is InChI=1S/C16H15F3N2O4S/c1-10-3-6-12(9-14(10)26(23,24)20-2)21-15(22)11-4-7-13(8-5-11)25-16(17,18)19/h3-9,20H,1-2H3,(H,21,22). The molecule has 0 aliphatic carbocycles. The fraction of sp³-hybridized carbons (Fsp3) is 0.188. The quantitative estimate of drug-likeness (QED) is 0.825. The highest BCUT2D eigenvalue weighted by Gasteiger charge is 2.31. The summed E-state index contributed by atoms with van der Waals surface area (Å²) in [5, 5.41) is 2.50. The van der Waals surface area contributed by atoms with Crippen LogP contribution in [0.1, 0.15) is 15.9 Å². The number of aryl methyl sites for hydroxylation is 1. The first-order chi connectivity index (χ1) is 12.0. The van der Waals surface area contributed by atoms with Crippen molar-refractivity contribution < 1.29 is 31.1 Å². The number of amides is 1. The number of benzene rings is 2. The topological polar surface area (TPSA) is 84.5 Å². The molecular weight excluding hydrogens is 373 g/mol. The van der Waals surface area contributed by atoms with Crippen molar-refractivity contribution in [2.75, 3.05) is 12.4 Å². The average Bonchev–Trinajstić information content (AvgIpc) is 2.55. The Hall–Kier alpha value is -2.59. The van der Waals surface area contributed by atoms with Crippen LogP contribution in [0.4, 0.5) is 18.9 Å². The van der Waals surface area contributed by atoms with E-state index >= 15 is 0 Å². The maximum Gasteiger partial charge on any atom is 0.573 e. The number of sulfonamides is 1. The summed E-state index contributed by atoms with van der Waals surface area (Å²) in [5.74, 6) is -1.06. The lowest BCUT2D eigenvalue weighted by molar-refractivity contribution is -0.274. The second-order valence-corrected chi connectivity index (χ2v) is 7.07. The first-order valence-corrected chi connectivity index (χ1v) is 8.71. The second-order valence-electron chi connectivity index (χ2n) is 5.21. The van der Waals surface area contributed by atoms with E-state index < -0.39 is 28.0 Å². The van der Waals surface area contributed by atoms with Gasteiger partial charge in [-0.05, 0) is 55.9 Å². The molecule has 10 heteroatoms. The van der Waals surface area contributed by atoms with Crippen LogP contribution in [0, 0.1) is 6.92 Å². The summed E-state index contributed by atoms with van der Waals surface area (Å²) in [6.07, 6.45) is -4.82. The zero-order valence-corrected chi connectivity index (χ0v) is 14.5. The first kappa shape index (κ1) is 19.7. The number of ether oxygens (including phenoxy) is 1. The summed E-state index contributed by atoms with van der Waals surface area (Å²) in [7, 11) is -2.43. The maximum absolute atomic E-state index is 12.2. The van der Waals surface area contributed by atoms with Crippen LogP contribution < -0.4 is 14.8 Å². The average molecular weight is 388 g/mol. The van der Waals surface area contributed by atoms with Gasteiger partial charge in [0.15, 0.2) is 0 Å². The summed E-state index contributed by atoms with van der Waals surface area (Å²) >= 11 is 0. The molecule has 1 amide bonds. The van der Waals surface area contributed by atoms with E-state index in [-0.39, 0.29) is 16.1 Å². The van der Waals surface area contributed by atoms with Gasteiger partial charge in [0.1, 0.15) is 5.75 Å². The first-order valence-electron chi connectivity index (χ1n) is 7.23. The van der Waals surface area contributed by atoms with Crippen LogP contribution in [0.5, 0.6) is 5.75 Å². The molecule has 0 saturated heterocycles. The van der Waals surface area contributed by atoms with Crippen LogP contribution in [0.15, 0.2) is 47.4 Å². The molecule has 0 atom stereocenters. The van der Waals surface area contributed by atoms with Crippen molar-refractivity contribution in [3.05, 3.63) is 53.6 Å². The predicted octanol–water partition coefficient (Wildman–Crippen LogP) is 3.05. The van der Waals surface area contributed by atoms with Gasteiger partial charge in [0, 0.05) is 11.3 Å². The van der Waals surface area contributed by atoms with Crippen LogP contribution in [0.3, 0.4) is 0 Å². The number of anilines is 1. The van der Waals surface area contributed by atoms with Gasteiger partial charge < -0.3 is 10.1 Å². The summed E-state index contributed by atoms with van der Waals surface area (Å²) in [4.78, 5) is 12.2. The number of hydrogen-bond acceptors (Lipinski definition) is 4. The molecule has 0 unspecified atom stereocenters. The third kappa shape index (κ3) is 4.96. The Kier molecular flexibility index (Phi) is 5.57. The summed E-state index contributed by atoms with van der Waals surface area (Å²) < 4.78 is 66.2. The van der Waals surface area contributed by atoms with Crippen molar-refractivity contribution >= 4 is 21.6 Å². The SMILES string of the molecule is CNS(=O)(=O)c1cc(NC(=O)c2ccc(OC(F)(F)F)cc2)ccc1C. The lowest BCUT2D eigenvalue weighted by atomic mass is 10.2. The Morgan fingerprint density at radius 1 is 1.08 bits per heavy atom. The molecule has 0 aromatic heterocycles. The summed E-state index contributed by atoms with van der Waals surface area (Å²) in [6.45, 7) is 1.61. The normalized spacial score (nSPS) is 11.9. The van der Waals surface area contributed by atoms with E-state index in [1.54, 1.807) is 6.92 Å². The number of nitrogens with one attached hydrogen (secondary N) is 2. The van der Waals surface area contributed by atoms with Gasteiger partial charge in [-0.2, -0.15) is 0 Å². The zero-order valence-electron chi connectivity index (χ0n) is 13.7. The molecule has 2 rings (SSSR count). The largest absolute Gasteiger partial charge is 0.573 e. The maximum atomic E-state index is 12.2.